The van der Waals surface area contributed by atoms with Crippen LogP contribution in [0.25, 0.3) is 0 Å². The average molecular weight is 393 g/mol. The van der Waals surface area contributed by atoms with Crippen LogP contribution in [-0.4, -0.2) is 16.1 Å². The van der Waals surface area contributed by atoms with E-state index >= 15 is 0 Å². The zero-order chi connectivity index (χ0) is 16.9. The number of halogens is 3. The third-order valence-electron chi connectivity index (χ3n) is 3.00. The summed E-state index contributed by atoms with van der Waals surface area (Å²) in [4.78, 5) is 10.5. The maximum absolute atomic E-state index is 13.7. The zero-order valence-corrected chi connectivity index (χ0v) is 14.5. The van der Waals surface area contributed by atoms with E-state index in [2.05, 4.69) is 15.9 Å². The van der Waals surface area contributed by atoms with Crippen molar-refractivity contribution in [3.05, 3.63) is 60.9 Å². The Balaban J connectivity index is 3.18. The van der Waals surface area contributed by atoms with Gasteiger partial charge in [-0.15, -0.1) is 0 Å². The molecule has 0 radical (unpaired) electrons. The van der Waals surface area contributed by atoms with Gasteiger partial charge in [-0.3, -0.25) is 10.1 Å². The van der Waals surface area contributed by atoms with Gasteiger partial charge in [-0.05, 0) is 25.5 Å². The van der Waals surface area contributed by atoms with E-state index in [0.29, 0.717) is 16.5 Å². The molecule has 0 spiro atoms. The molecule has 0 saturated carbocycles. The second-order valence-electron chi connectivity index (χ2n) is 4.66. The summed E-state index contributed by atoms with van der Waals surface area (Å²) in [6.45, 7) is 3.03. The summed E-state index contributed by atoms with van der Waals surface area (Å²) in [5.41, 5.74) is 0.123. The highest BCUT2D eigenvalue weighted by molar-refractivity contribution is 9.10. The van der Waals surface area contributed by atoms with Crippen molar-refractivity contribution in [1.82, 2.24) is 0 Å². The molecule has 1 atom stereocenters. The fourth-order valence-corrected chi connectivity index (χ4v) is 2.87. The summed E-state index contributed by atoms with van der Waals surface area (Å²) in [6, 6.07) is 4.40. The van der Waals surface area contributed by atoms with E-state index in [1.807, 2.05) is 6.92 Å². The predicted molar refractivity (Wildman–Crippen MR) is 88.5 cm³/mol. The van der Waals surface area contributed by atoms with Crippen molar-refractivity contribution in [2.45, 2.75) is 32.8 Å². The van der Waals surface area contributed by atoms with Gasteiger partial charge in [0.15, 0.2) is 0 Å². The first-order chi connectivity index (χ1) is 10.3. The summed E-state index contributed by atoms with van der Waals surface area (Å²) >= 11 is 9.22. The first-order valence-electron chi connectivity index (χ1n) is 6.61. The molecule has 1 N–H and O–H groups in total. The van der Waals surface area contributed by atoms with E-state index in [-0.39, 0.29) is 22.7 Å². The lowest BCUT2D eigenvalue weighted by Crippen LogP contribution is -2.16. The number of hydrogen-bond donors (Lipinski definition) is 1. The van der Waals surface area contributed by atoms with Crippen LogP contribution in [0.5, 0.6) is 0 Å². The Bertz CT molecular complexity index is 627. The third-order valence-corrected chi connectivity index (χ3v) is 3.85. The molecule has 1 rings (SSSR count). The Kier molecular flexibility index (Phi) is 7.19. The topological polar surface area (TPSA) is 63.4 Å². The lowest BCUT2D eigenvalue weighted by atomic mass is 9.99. The molecule has 0 amide bonds. The summed E-state index contributed by atoms with van der Waals surface area (Å²) in [5.74, 6) is -0.611. The minimum absolute atomic E-state index is 0.0437. The molecule has 1 aromatic carbocycles. The maximum Gasteiger partial charge on any atom is 0.272 e. The van der Waals surface area contributed by atoms with Gasteiger partial charge in [0.2, 0.25) is 0 Å². The summed E-state index contributed by atoms with van der Waals surface area (Å²) in [6.07, 6.45) is 0.783. The van der Waals surface area contributed by atoms with Gasteiger partial charge in [0.05, 0.1) is 11.0 Å². The number of nitrogens with zero attached hydrogens (tertiary/aromatic N) is 1. The van der Waals surface area contributed by atoms with Crippen LogP contribution in [-0.2, 0) is 6.42 Å². The number of hydrogen-bond acceptors (Lipinski definition) is 3. The molecule has 7 heteroatoms. The molecular formula is C15H16BrClFNO3. The van der Waals surface area contributed by atoms with Crippen LogP contribution in [0.15, 0.2) is 45.2 Å². The fourth-order valence-electron chi connectivity index (χ4n) is 2.05. The molecule has 0 aliphatic rings. The van der Waals surface area contributed by atoms with E-state index in [1.54, 1.807) is 6.08 Å². The van der Waals surface area contributed by atoms with Gasteiger partial charge in [0, 0.05) is 33.1 Å². The van der Waals surface area contributed by atoms with Crippen molar-refractivity contribution in [1.29, 1.82) is 0 Å². The van der Waals surface area contributed by atoms with Crippen molar-refractivity contribution in [3.8, 4) is 0 Å². The van der Waals surface area contributed by atoms with Crippen molar-refractivity contribution < 1.29 is 14.4 Å². The molecule has 22 heavy (non-hydrogen) atoms. The van der Waals surface area contributed by atoms with E-state index in [0.717, 1.165) is 0 Å². The van der Waals surface area contributed by atoms with E-state index < -0.39 is 16.9 Å². The molecule has 4 nitrogen and oxygen atoms in total. The lowest BCUT2D eigenvalue weighted by molar-refractivity contribution is -0.385. The maximum atomic E-state index is 13.7. The molecular weight excluding hydrogens is 377 g/mol. The molecule has 0 saturated heterocycles. The van der Waals surface area contributed by atoms with Crippen molar-refractivity contribution in [2.24, 2.45) is 0 Å². The molecule has 0 aromatic heterocycles. The molecule has 0 fully saturated rings. The van der Waals surface area contributed by atoms with Crippen LogP contribution in [0.3, 0.4) is 0 Å². The number of aliphatic hydroxyl groups excluding tert-OH is 1. The largest absolute Gasteiger partial charge is 0.388 e. The SMILES string of the molecule is CC/C=C(Cl)\C(=C(/C)F)C(O)Cc1cc(Br)ccc1[N+](=O)[O-]. The molecule has 0 heterocycles. The first kappa shape index (κ1) is 18.8. The second kappa shape index (κ2) is 8.41. The number of nitro groups is 1. The number of allylic oxidation sites excluding steroid dienone is 2. The summed E-state index contributed by atoms with van der Waals surface area (Å²) < 4.78 is 14.3. The molecule has 120 valence electrons. The molecule has 1 unspecified atom stereocenters. The average Bonchev–Trinajstić information content (AvgIpc) is 2.38. The normalized spacial score (nSPS) is 14.5. The van der Waals surface area contributed by atoms with Gasteiger partial charge in [0.25, 0.3) is 5.69 Å². The van der Waals surface area contributed by atoms with Gasteiger partial charge < -0.3 is 5.11 Å². The van der Waals surface area contributed by atoms with Crippen molar-refractivity contribution in [2.75, 3.05) is 0 Å². The van der Waals surface area contributed by atoms with Crippen LogP contribution in [0.1, 0.15) is 25.8 Å². The Labute approximate surface area is 141 Å². The summed E-state index contributed by atoms with van der Waals surface area (Å²) in [7, 11) is 0. The smallest absolute Gasteiger partial charge is 0.272 e. The Morgan fingerprint density at radius 3 is 2.73 bits per heavy atom. The number of aliphatic hydroxyl groups is 1. The highest BCUT2D eigenvalue weighted by Gasteiger charge is 2.22. The Hall–Kier alpha value is -1.24. The third kappa shape index (κ3) is 4.90. The monoisotopic (exact) mass is 391 g/mol. The molecule has 0 aliphatic heterocycles. The van der Waals surface area contributed by atoms with Gasteiger partial charge >= 0.3 is 0 Å². The van der Waals surface area contributed by atoms with Gasteiger partial charge in [0.1, 0.15) is 5.83 Å². The molecule has 0 bridgehead atoms. The van der Waals surface area contributed by atoms with Crippen LogP contribution in [0, 0.1) is 10.1 Å². The van der Waals surface area contributed by atoms with E-state index in [9.17, 15) is 19.6 Å². The van der Waals surface area contributed by atoms with Gasteiger partial charge in [-0.1, -0.05) is 40.5 Å². The van der Waals surface area contributed by atoms with Gasteiger partial charge in [-0.25, -0.2) is 4.39 Å². The number of rotatable bonds is 6. The highest BCUT2D eigenvalue weighted by Crippen LogP contribution is 2.29. The van der Waals surface area contributed by atoms with Crippen molar-refractivity contribution >= 4 is 33.2 Å². The fraction of sp³-hybridized carbons (Fsp3) is 0.333. The Morgan fingerprint density at radius 1 is 1.59 bits per heavy atom. The summed E-state index contributed by atoms with van der Waals surface area (Å²) in [5, 5.41) is 21.4. The zero-order valence-electron chi connectivity index (χ0n) is 12.1. The van der Waals surface area contributed by atoms with Crippen LogP contribution < -0.4 is 0 Å². The van der Waals surface area contributed by atoms with E-state index in [1.165, 1.54) is 25.1 Å². The molecule has 1 aromatic rings. The highest BCUT2D eigenvalue weighted by atomic mass is 79.9. The van der Waals surface area contributed by atoms with Crippen LogP contribution >= 0.6 is 27.5 Å². The first-order valence-corrected chi connectivity index (χ1v) is 7.78. The standard InChI is InChI=1S/C15H16BrClFNO3/c1-3-4-12(17)15(9(2)18)14(20)8-10-7-11(16)5-6-13(10)19(21)22/h4-7,14,20H,3,8H2,1-2H3/b12-4+,15-9-. The predicted octanol–water partition coefficient (Wildman–Crippen LogP) is 5.04. The second-order valence-corrected chi connectivity index (χ2v) is 5.98. The Morgan fingerprint density at radius 2 is 2.23 bits per heavy atom. The van der Waals surface area contributed by atoms with Gasteiger partial charge in [-0.2, -0.15) is 0 Å². The minimum Gasteiger partial charge on any atom is -0.388 e. The van der Waals surface area contributed by atoms with E-state index in [4.69, 9.17) is 11.6 Å². The lowest BCUT2D eigenvalue weighted by Gasteiger charge is -2.15. The minimum atomic E-state index is -1.27. The number of nitro benzene ring substituents is 1. The quantitative estimate of drug-likeness (QED) is 0.419. The van der Waals surface area contributed by atoms with Crippen LogP contribution in [0.2, 0.25) is 0 Å². The van der Waals surface area contributed by atoms with Crippen molar-refractivity contribution in [3.63, 3.8) is 0 Å². The number of benzene rings is 1. The molecule has 0 aliphatic carbocycles. The van der Waals surface area contributed by atoms with Crippen LogP contribution in [0.4, 0.5) is 10.1 Å².